The van der Waals surface area contributed by atoms with Crippen LogP contribution in [0.4, 0.5) is 5.82 Å². The van der Waals surface area contributed by atoms with Crippen LogP contribution in [0.2, 0.25) is 5.15 Å². The average Bonchev–Trinajstić information content (AvgIpc) is 2.74. The average molecular weight is 297 g/mol. The number of hydrogen-bond donors (Lipinski definition) is 1. The predicted octanol–water partition coefficient (Wildman–Crippen LogP) is 1.23. The highest BCUT2D eigenvalue weighted by molar-refractivity contribution is 6.29. The van der Waals surface area contributed by atoms with E-state index in [1.54, 1.807) is 6.92 Å². The summed E-state index contributed by atoms with van der Waals surface area (Å²) in [5.41, 5.74) is 1.06. The molecule has 0 bridgehead atoms. The van der Waals surface area contributed by atoms with Gasteiger partial charge in [-0.3, -0.25) is 4.40 Å². The number of morpholine rings is 1. The normalized spacial score (nSPS) is 15.8. The van der Waals surface area contributed by atoms with Crippen molar-refractivity contribution in [2.24, 2.45) is 0 Å². The van der Waals surface area contributed by atoms with Gasteiger partial charge in [0, 0.05) is 19.3 Å². The Bertz CT molecular complexity index is 679. The van der Waals surface area contributed by atoms with Gasteiger partial charge in [-0.15, -0.1) is 0 Å². The molecule has 2 aromatic heterocycles. The van der Waals surface area contributed by atoms with Crippen LogP contribution < -0.4 is 4.90 Å². The van der Waals surface area contributed by atoms with Crippen molar-refractivity contribution < 1.29 is 14.6 Å². The third-order valence-corrected chi connectivity index (χ3v) is 3.43. The molecule has 0 saturated carbocycles. The van der Waals surface area contributed by atoms with Crippen LogP contribution in [-0.2, 0) is 4.74 Å². The number of imidazole rings is 1. The van der Waals surface area contributed by atoms with Crippen LogP contribution in [0.5, 0.6) is 0 Å². The first kappa shape index (κ1) is 13.1. The lowest BCUT2D eigenvalue weighted by atomic mass is 10.3. The van der Waals surface area contributed by atoms with Crippen molar-refractivity contribution in [1.29, 1.82) is 0 Å². The third kappa shape index (κ3) is 2.08. The van der Waals surface area contributed by atoms with Gasteiger partial charge in [-0.1, -0.05) is 11.6 Å². The Morgan fingerprint density at radius 2 is 2.10 bits per heavy atom. The minimum atomic E-state index is -1.04. The van der Waals surface area contributed by atoms with E-state index in [0.29, 0.717) is 43.5 Å². The molecule has 3 heterocycles. The Morgan fingerprint density at radius 1 is 1.40 bits per heavy atom. The molecule has 1 fully saturated rings. The van der Waals surface area contributed by atoms with Gasteiger partial charge in [-0.05, 0) is 6.92 Å². The van der Waals surface area contributed by atoms with Crippen LogP contribution in [0.25, 0.3) is 5.65 Å². The maximum atomic E-state index is 11.3. The van der Waals surface area contributed by atoms with E-state index >= 15 is 0 Å². The van der Waals surface area contributed by atoms with Gasteiger partial charge in [-0.25, -0.2) is 14.8 Å². The Labute approximate surface area is 119 Å². The maximum Gasteiger partial charge on any atom is 0.354 e. The largest absolute Gasteiger partial charge is 0.477 e. The Hall–Kier alpha value is -1.86. The van der Waals surface area contributed by atoms with Crippen LogP contribution in [-0.4, -0.2) is 51.7 Å². The number of carbonyl (C=O) groups is 1. The number of aryl methyl sites for hydroxylation is 1. The zero-order chi connectivity index (χ0) is 14.3. The fourth-order valence-corrected chi connectivity index (χ4v) is 2.54. The van der Waals surface area contributed by atoms with Gasteiger partial charge in [0.05, 0.1) is 18.9 Å². The molecule has 1 N–H and O–H groups in total. The second-order valence-electron chi connectivity index (χ2n) is 4.53. The zero-order valence-corrected chi connectivity index (χ0v) is 11.6. The van der Waals surface area contributed by atoms with Crippen molar-refractivity contribution in [1.82, 2.24) is 14.4 Å². The number of anilines is 1. The number of aromatic nitrogens is 3. The second kappa shape index (κ2) is 4.92. The minimum absolute atomic E-state index is 0.110. The molecule has 2 aromatic rings. The summed E-state index contributed by atoms with van der Waals surface area (Å²) < 4.78 is 6.79. The van der Waals surface area contributed by atoms with Gasteiger partial charge in [0.25, 0.3) is 0 Å². The molecule has 0 aromatic carbocycles. The van der Waals surface area contributed by atoms with Crippen LogP contribution in [0.1, 0.15) is 16.2 Å². The summed E-state index contributed by atoms with van der Waals surface area (Å²) in [6.45, 7) is 4.22. The van der Waals surface area contributed by atoms with Crippen LogP contribution >= 0.6 is 11.6 Å². The number of carboxylic acid groups (broad SMARTS) is 1. The van der Waals surface area contributed by atoms with Crippen LogP contribution in [0, 0.1) is 6.92 Å². The molecule has 7 nitrogen and oxygen atoms in total. The van der Waals surface area contributed by atoms with Crippen molar-refractivity contribution >= 4 is 29.0 Å². The summed E-state index contributed by atoms with van der Waals surface area (Å²) in [6.07, 6.45) is 1.48. The summed E-state index contributed by atoms with van der Waals surface area (Å²) in [7, 11) is 0. The highest BCUT2D eigenvalue weighted by Gasteiger charge is 2.23. The molecule has 1 aliphatic heterocycles. The van der Waals surface area contributed by atoms with Crippen molar-refractivity contribution in [2.75, 3.05) is 31.2 Å². The lowest BCUT2D eigenvalue weighted by molar-refractivity contribution is 0.0688. The molecule has 106 valence electrons. The molecular weight excluding hydrogens is 284 g/mol. The van der Waals surface area contributed by atoms with E-state index in [-0.39, 0.29) is 10.8 Å². The summed E-state index contributed by atoms with van der Waals surface area (Å²) in [4.78, 5) is 22.0. The third-order valence-electron chi connectivity index (χ3n) is 3.25. The van der Waals surface area contributed by atoms with Gasteiger partial charge in [0.2, 0.25) is 0 Å². The van der Waals surface area contributed by atoms with E-state index in [1.165, 1.54) is 10.6 Å². The molecule has 0 aliphatic carbocycles. The topological polar surface area (TPSA) is 80.0 Å². The number of rotatable bonds is 2. The van der Waals surface area contributed by atoms with Crippen LogP contribution in [0.3, 0.4) is 0 Å². The highest BCUT2D eigenvalue weighted by atomic mass is 35.5. The van der Waals surface area contributed by atoms with E-state index < -0.39 is 5.97 Å². The molecule has 1 aliphatic rings. The molecular formula is C12H13ClN4O3. The molecule has 0 atom stereocenters. The lowest BCUT2D eigenvalue weighted by Crippen LogP contribution is -2.37. The smallest absolute Gasteiger partial charge is 0.354 e. The first-order chi connectivity index (χ1) is 9.58. The quantitative estimate of drug-likeness (QED) is 0.898. The fourth-order valence-electron chi connectivity index (χ4n) is 2.36. The number of fused-ring (bicyclic) bond motifs is 1. The molecule has 0 radical (unpaired) electrons. The molecule has 3 rings (SSSR count). The zero-order valence-electron chi connectivity index (χ0n) is 10.8. The first-order valence-corrected chi connectivity index (χ1v) is 6.57. The Balaban J connectivity index is 2.21. The predicted molar refractivity (Wildman–Crippen MR) is 72.7 cm³/mol. The molecule has 20 heavy (non-hydrogen) atoms. The minimum Gasteiger partial charge on any atom is -0.477 e. The molecule has 0 spiro atoms. The molecule has 0 unspecified atom stereocenters. The molecule has 8 heteroatoms. The van der Waals surface area contributed by atoms with E-state index in [1.807, 2.05) is 4.90 Å². The van der Waals surface area contributed by atoms with E-state index in [4.69, 9.17) is 16.3 Å². The maximum absolute atomic E-state index is 11.3. The highest BCUT2D eigenvalue weighted by Crippen LogP contribution is 2.25. The number of nitrogens with zero attached hydrogens (tertiary/aromatic N) is 4. The first-order valence-electron chi connectivity index (χ1n) is 6.19. The molecule has 1 saturated heterocycles. The lowest BCUT2D eigenvalue weighted by Gasteiger charge is -2.27. The second-order valence-corrected chi connectivity index (χ2v) is 4.92. The molecule has 0 amide bonds. The Morgan fingerprint density at radius 3 is 2.75 bits per heavy atom. The van der Waals surface area contributed by atoms with Gasteiger partial charge in [-0.2, -0.15) is 0 Å². The summed E-state index contributed by atoms with van der Waals surface area (Å²) in [5, 5.41) is 9.52. The standard InChI is InChI=1S/C12H13ClN4O3/c1-7-9(12(18)19)17-6-8(13)15-10(11(17)14-7)16-2-4-20-5-3-16/h6H,2-5H2,1H3,(H,18,19). The fraction of sp³-hybridized carbons (Fsp3) is 0.417. The van der Waals surface area contributed by atoms with Crippen molar-refractivity contribution in [3.63, 3.8) is 0 Å². The summed E-state index contributed by atoms with van der Waals surface area (Å²) in [5.74, 6) is -0.443. The van der Waals surface area contributed by atoms with Gasteiger partial charge < -0.3 is 14.7 Å². The van der Waals surface area contributed by atoms with Crippen molar-refractivity contribution in [3.05, 3.63) is 22.7 Å². The SMILES string of the molecule is Cc1nc2c(N3CCOCC3)nc(Cl)cn2c1C(=O)O. The number of ether oxygens (including phenoxy) is 1. The van der Waals surface area contributed by atoms with Gasteiger partial charge in [0.15, 0.2) is 17.2 Å². The van der Waals surface area contributed by atoms with Crippen LogP contribution in [0.15, 0.2) is 6.20 Å². The number of halogens is 1. The van der Waals surface area contributed by atoms with Crippen molar-refractivity contribution in [3.8, 4) is 0 Å². The van der Waals surface area contributed by atoms with E-state index in [2.05, 4.69) is 9.97 Å². The number of aromatic carboxylic acids is 1. The summed E-state index contributed by atoms with van der Waals surface area (Å²) >= 11 is 6.02. The van der Waals surface area contributed by atoms with E-state index in [0.717, 1.165) is 0 Å². The monoisotopic (exact) mass is 296 g/mol. The summed E-state index contributed by atoms with van der Waals surface area (Å²) in [6, 6.07) is 0. The van der Waals surface area contributed by atoms with E-state index in [9.17, 15) is 9.90 Å². The number of hydrogen-bond acceptors (Lipinski definition) is 5. The number of carboxylic acids is 1. The van der Waals surface area contributed by atoms with Gasteiger partial charge in [0.1, 0.15) is 5.15 Å². The van der Waals surface area contributed by atoms with Crippen molar-refractivity contribution in [2.45, 2.75) is 6.92 Å². The van der Waals surface area contributed by atoms with Gasteiger partial charge >= 0.3 is 5.97 Å². The Kier molecular flexibility index (Phi) is 3.23.